The van der Waals surface area contributed by atoms with Gasteiger partial charge in [-0.2, -0.15) is 8.42 Å². The van der Waals surface area contributed by atoms with Crippen molar-refractivity contribution in [1.82, 2.24) is 0 Å². The predicted molar refractivity (Wildman–Crippen MR) is 106 cm³/mol. The topological polar surface area (TPSA) is 73.9 Å². The molecule has 0 heterocycles. The summed E-state index contributed by atoms with van der Waals surface area (Å²) in [5.41, 5.74) is 1.51. The maximum atomic E-state index is 12.4. The summed E-state index contributed by atoms with van der Waals surface area (Å²) >= 11 is 0. The third-order valence-electron chi connectivity index (χ3n) is 3.97. The van der Waals surface area contributed by atoms with E-state index in [9.17, 15) is 8.42 Å². The fourth-order valence-electron chi connectivity index (χ4n) is 2.55. The van der Waals surface area contributed by atoms with Gasteiger partial charge in [-0.1, -0.05) is 18.2 Å². The third-order valence-corrected chi connectivity index (χ3v) is 5.24. The zero-order valence-corrected chi connectivity index (χ0v) is 16.3. The number of benzene rings is 3. The zero-order chi connectivity index (χ0) is 20.0. The minimum atomic E-state index is -3.89. The Labute approximate surface area is 164 Å². The van der Waals surface area contributed by atoms with Crippen LogP contribution in [0.2, 0.25) is 0 Å². The van der Waals surface area contributed by atoms with E-state index in [0.717, 1.165) is 5.56 Å². The van der Waals surface area contributed by atoms with Crippen molar-refractivity contribution >= 4 is 15.8 Å². The second-order valence-corrected chi connectivity index (χ2v) is 7.37. The van der Waals surface area contributed by atoms with Gasteiger partial charge in [0.25, 0.3) is 0 Å². The molecule has 0 aliphatic heterocycles. The van der Waals surface area contributed by atoms with Crippen LogP contribution in [0.4, 0.5) is 5.69 Å². The molecule has 6 nitrogen and oxygen atoms in total. The summed E-state index contributed by atoms with van der Waals surface area (Å²) < 4.78 is 40.5. The molecule has 1 radical (unpaired) electrons. The monoisotopic (exact) mass is 398 g/mol. The quantitative estimate of drug-likeness (QED) is 0.581. The van der Waals surface area contributed by atoms with Crippen LogP contribution < -0.4 is 19.0 Å². The van der Waals surface area contributed by atoms with E-state index < -0.39 is 10.1 Å². The Balaban J connectivity index is 1.72. The van der Waals surface area contributed by atoms with E-state index in [1.165, 1.54) is 12.1 Å². The van der Waals surface area contributed by atoms with Crippen molar-refractivity contribution in [2.45, 2.75) is 11.4 Å². The molecule has 0 saturated heterocycles. The first-order valence-electron chi connectivity index (χ1n) is 8.48. The Bertz CT molecular complexity index is 1040. The highest BCUT2D eigenvalue weighted by Crippen LogP contribution is 2.26. The molecular weight excluding hydrogens is 378 g/mol. The van der Waals surface area contributed by atoms with Crippen LogP contribution in [0.1, 0.15) is 5.56 Å². The fraction of sp³-hybridized carbons (Fsp3) is 0.143. The molecule has 0 aliphatic rings. The van der Waals surface area contributed by atoms with Crippen LogP contribution in [0.15, 0.2) is 71.6 Å². The summed E-state index contributed by atoms with van der Waals surface area (Å²) in [6.45, 7) is 0.457. The number of rotatable bonds is 8. The first kappa shape index (κ1) is 19.6. The van der Waals surface area contributed by atoms with Gasteiger partial charge in [0.05, 0.1) is 14.2 Å². The molecule has 0 bridgehead atoms. The largest absolute Gasteiger partial charge is 0.497 e. The van der Waals surface area contributed by atoms with Gasteiger partial charge in [0.1, 0.15) is 22.1 Å². The van der Waals surface area contributed by atoms with Gasteiger partial charge in [0.15, 0.2) is 0 Å². The number of ether oxygens (including phenoxy) is 2. The van der Waals surface area contributed by atoms with E-state index in [4.69, 9.17) is 13.7 Å². The Morgan fingerprint density at radius 3 is 2.43 bits per heavy atom. The van der Waals surface area contributed by atoms with Gasteiger partial charge in [-0.25, -0.2) is 0 Å². The van der Waals surface area contributed by atoms with E-state index in [0.29, 0.717) is 23.7 Å². The second-order valence-electron chi connectivity index (χ2n) is 5.82. The summed E-state index contributed by atoms with van der Waals surface area (Å²) in [4.78, 5) is 0.0975. The van der Waals surface area contributed by atoms with Crippen molar-refractivity contribution in [3.05, 3.63) is 78.4 Å². The van der Waals surface area contributed by atoms with E-state index in [2.05, 4.69) is 11.4 Å². The molecule has 3 rings (SSSR count). The molecule has 0 atom stereocenters. The molecule has 0 unspecified atom stereocenters. The molecule has 3 aromatic rings. The minimum Gasteiger partial charge on any atom is -0.497 e. The van der Waals surface area contributed by atoms with E-state index in [-0.39, 0.29) is 10.6 Å². The van der Waals surface area contributed by atoms with Crippen LogP contribution in [0.25, 0.3) is 0 Å². The molecule has 7 heteroatoms. The molecule has 145 valence electrons. The lowest BCUT2D eigenvalue weighted by molar-refractivity contribution is 0.391. The molecule has 0 aliphatic carbocycles. The summed E-state index contributed by atoms with van der Waals surface area (Å²) in [6, 6.07) is 21.3. The lowest BCUT2D eigenvalue weighted by atomic mass is 10.2. The summed E-state index contributed by atoms with van der Waals surface area (Å²) in [5, 5.41) is 3.19. The van der Waals surface area contributed by atoms with Crippen LogP contribution >= 0.6 is 0 Å². The maximum Gasteiger partial charge on any atom is 0.339 e. The number of anilines is 1. The van der Waals surface area contributed by atoms with E-state index in [1.54, 1.807) is 56.7 Å². The van der Waals surface area contributed by atoms with Gasteiger partial charge in [-0.3, -0.25) is 0 Å². The van der Waals surface area contributed by atoms with Crippen molar-refractivity contribution in [3.8, 4) is 17.2 Å². The van der Waals surface area contributed by atoms with Crippen LogP contribution in [-0.2, 0) is 16.7 Å². The molecule has 0 spiro atoms. The second kappa shape index (κ2) is 8.67. The number of hydrogen-bond acceptors (Lipinski definition) is 6. The standard InChI is InChI=1S/C21H20NO5S/c1-25-18-12-11-16(21(14-18)26-2)15-22-17-7-6-8-19(13-17)27-28(23,24)20-9-4-3-5-10-20/h3-6,8-14,22H,15H2,1-2H3. The first-order chi connectivity index (χ1) is 13.5. The third kappa shape index (κ3) is 4.75. The molecule has 0 amide bonds. The van der Waals surface area contributed by atoms with Crippen molar-refractivity contribution in [2.75, 3.05) is 19.5 Å². The normalized spacial score (nSPS) is 10.9. The lowest BCUT2D eigenvalue weighted by Gasteiger charge is -2.13. The van der Waals surface area contributed by atoms with Gasteiger partial charge in [-0.15, -0.1) is 0 Å². The summed E-state index contributed by atoms with van der Waals surface area (Å²) in [6.07, 6.45) is 0. The average Bonchev–Trinajstić information content (AvgIpc) is 2.72. The molecule has 3 aromatic carbocycles. The van der Waals surface area contributed by atoms with Gasteiger partial charge < -0.3 is 19.0 Å². The van der Waals surface area contributed by atoms with Crippen molar-refractivity contribution in [3.63, 3.8) is 0 Å². The highest BCUT2D eigenvalue weighted by atomic mass is 32.2. The van der Waals surface area contributed by atoms with Gasteiger partial charge in [0.2, 0.25) is 0 Å². The Morgan fingerprint density at radius 2 is 1.71 bits per heavy atom. The van der Waals surface area contributed by atoms with Crippen LogP contribution in [0.5, 0.6) is 17.2 Å². The molecule has 0 fully saturated rings. The zero-order valence-electron chi connectivity index (χ0n) is 15.5. The number of hydrogen-bond donors (Lipinski definition) is 1. The molecule has 0 saturated carbocycles. The smallest absolute Gasteiger partial charge is 0.339 e. The van der Waals surface area contributed by atoms with E-state index >= 15 is 0 Å². The van der Waals surface area contributed by atoms with Gasteiger partial charge in [-0.05, 0) is 36.4 Å². The Morgan fingerprint density at radius 1 is 0.929 bits per heavy atom. The van der Waals surface area contributed by atoms with Crippen molar-refractivity contribution in [2.24, 2.45) is 0 Å². The predicted octanol–water partition coefficient (Wildman–Crippen LogP) is 3.88. The lowest BCUT2D eigenvalue weighted by Crippen LogP contribution is -2.10. The average molecular weight is 398 g/mol. The van der Waals surface area contributed by atoms with Crippen LogP contribution in [0, 0.1) is 6.07 Å². The molecule has 28 heavy (non-hydrogen) atoms. The molecular formula is C21H20NO5S. The van der Waals surface area contributed by atoms with Crippen LogP contribution in [-0.4, -0.2) is 22.6 Å². The fourth-order valence-corrected chi connectivity index (χ4v) is 3.49. The first-order valence-corrected chi connectivity index (χ1v) is 9.89. The van der Waals surface area contributed by atoms with Crippen LogP contribution in [0.3, 0.4) is 0 Å². The highest BCUT2D eigenvalue weighted by Gasteiger charge is 2.16. The van der Waals surface area contributed by atoms with Gasteiger partial charge >= 0.3 is 10.1 Å². The van der Waals surface area contributed by atoms with Gasteiger partial charge in [0, 0.05) is 36.0 Å². The summed E-state index contributed by atoms with van der Waals surface area (Å²) in [7, 11) is -0.707. The molecule has 1 N–H and O–H groups in total. The van der Waals surface area contributed by atoms with Crippen molar-refractivity contribution < 1.29 is 22.1 Å². The number of methoxy groups -OCH3 is 2. The van der Waals surface area contributed by atoms with E-state index in [1.807, 2.05) is 12.1 Å². The maximum absolute atomic E-state index is 12.4. The minimum absolute atomic E-state index is 0.0975. The molecule has 0 aromatic heterocycles. The van der Waals surface area contributed by atoms with Crippen molar-refractivity contribution in [1.29, 1.82) is 0 Å². The summed E-state index contributed by atoms with van der Waals surface area (Å²) in [5.74, 6) is 1.59. The Kier molecular flexibility index (Phi) is 6.06. The Hall–Kier alpha value is -3.19. The SMILES string of the molecule is COc1ccc(CNc2[c]ccc(OS(=O)(=O)c3ccccc3)c2)c(OC)c1. The number of nitrogens with one attached hydrogen (secondary N) is 1. The highest BCUT2D eigenvalue weighted by molar-refractivity contribution is 7.87.